The standard InChI is InChI=1S/C13H22N2O4/c1-14-7-11-3-4-13(8-15-11)19-10-12(16)9-18-6-5-17-2/h3-4,8,12,14,16H,5-7,9-10H2,1-2H3. The Morgan fingerprint density at radius 1 is 1.32 bits per heavy atom. The maximum absolute atomic E-state index is 9.63. The van der Waals surface area contributed by atoms with Crippen LogP contribution in [-0.4, -0.2) is 56.8 Å². The molecule has 1 aromatic rings. The highest BCUT2D eigenvalue weighted by Crippen LogP contribution is 2.09. The smallest absolute Gasteiger partial charge is 0.137 e. The monoisotopic (exact) mass is 270 g/mol. The summed E-state index contributed by atoms with van der Waals surface area (Å²) in [6.45, 7) is 2.11. The third-order valence-corrected chi connectivity index (χ3v) is 2.34. The van der Waals surface area contributed by atoms with Gasteiger partial charge < -0.3 is 24.6 Å². The van der Waals surface area contributed by atoms with Crippen LogP contribution < -0.4 is 10.1 Å². The van der Waals surface area contributed by atoms with Crippen molar-refractivity contribution in [3.8, 4) is 5.75 Å². The van der Waals surface area contributed by atoms with Gasteiger partial charge in [0, 0.05) is 13.7 Å². The number of hydrogen-bond donors (Lipinski definition) is 2. The maximum atomic E-state index is 9.63. The van der Waals surface area contributed by atoms with Crippen LogP contribution in [0, 0.1) is 0 Å². The second-order valence-electron chi connectivity index (χ2n) is 4.05. The van der Waals surface area contributed by atoms with E-state index in [0.717, 1.165) is 12.2 Å². The number of rotatable bonds is 10. The van der Waals surface area contributed by atoms with E-state index in [0.29, 0.717) is 19.0 Å². The van der Waals surface area contributed by atoms with Crippen molar-refractivity contribution in [2.24, 2.45) is 0 Å². The zero-order valence-corrected chi connectivity index (χ0v) is 11.5. The third kappa shape index (κ3) is 7.07. The zero-order chi connectivity index (χ0) is 13.9. The van der Waals surface area contributed by atoms with Crippen LogP contribution in [0.4, 0.5) is 0 Å². The molecule has 1 rings (SSSR count). The van der Waals surface area contributed by atoms with Crippen LogP contribution in [0.2, 0.25) is 0 Å². The average molecular weight is 270 g/mol. The van der Waals surface area contributed by atoms with Gasteiger partial charge in [0.15, 0.2) is 0 Å². The molecule has 0 saturated heterocycles. The normalized spacial score (nSPS) is 12.4. The molecular weight excluding hydrogens is 248 g/mol. The van der Waals surface area contributed by atoms with E-state index in [1.165, 1.54) is 0 Å². The number of ether oxygens (including phenoxy) is 3. The highest BCUT2D eigenvalue weighted by atomic mass is 16.5. The molecule has 1 unspecified atom stereocenters. The molecule has 0 bridgehead atoms. The van der Waals surface area contributed by atoms with Gasteiger partial charge in [-0.15, -0.1) is 0 Å². The fraction of sp³-hybridized carbons (Fsp3) is 0.615. The Morgan fingerprint density at radius 2 is 2.16 bits per heavy atom. The van der Waals surface area contributed by atoms with Gasteiger partial charge in [0.05, 0.1) is 31.7 Å². The van der Waals surface area contributed by atoms with Crippen molar-refractivity contribution in [1.29, 1.82) is 0 Å². The summed E-state index contributed by atoms with van der Waals surface area (Å²) >= 11 is 0. The number of aliphatic hydroxyl groups excluding tert-OH is 1. The van der Waals surface area contributed by atoms with Crippen molar-refractivity contribution < 1.29 is 19.3 Å². The molecule has 108 valence electrons. The average Bonchev–Trinajstić information content (AvgIpc) is 2.43. The molecule has 0 spiro atoms. The van der Waals surface area contributed by atoms with E-state index in [4.69, 9.17) is 14.2 Å². The molecule has 0 fully saturated rings. The number of aliphatic hydroxyl groups is 1. The molecule has 1 aromatic heterocycles. The summed E-state index contributed by atoms with van der Waals surface area (Å²) in [6.07, 6.45) is 0.986. The summed E-state index contributed by atoms with van der Waals surface area (Å²) < 4.78 is 15.4. The van der Waals surface area contributed by atoms with E-state index in [2.05, 4.69) is 10.3 Å². The quantitative estimate of drug-likeness (QED) is 0.592. The lowest BCUT2D eigenvalue weighted by Gasteiger charge is -2.12. The van der Waals surface area contributed by atoms with Gasteiger partial charge in [-0.2, -0.15) is 0 Å². The summed E-state index contributed by atoms with van der Waals surface area (Å²) in [7, 11) is 3.47. The van der Waals surface area contributed by atoms with Crippen LogP contribution in [0.25, 0.3) is 0 Å². The molecule has 1 heterocycles. The first-order valence-corrected chi connectivity index (χ1v) is 6.23. The number of aromatic nitrogens is 1. The molecular formula is C13H22N2O4. The van der Waals surface area contributed by atoms with Gasteiger partial charge in [0.1, 0.15) is 18.5 Å². The van der Waals surface area contributed by atoms with E-state index in [-0.39, 0.29) is 13.2 Å². The molecule has 0 radical (unpaired) electrons. The van der Waals surface area contributed by atoms with Crippen molar-refractivity contribution >= 4 is 0 Å². The minimum absolute atomic E-state index is 0.181. The predicted molar refractivity (Wildman–Crippen MR) is 71.2 cm³/mol. The SMILES string of the molecule is CNCc1ccc(OCC(O)COCCOC)cn1. The van der Waals surface area contributed by atoms with Crippen LogP contribution in [0.1, 0.15) is 5.69 Å². The maximum Gasteiger partial charge on any atom is 0.137 e. The molecule has 0 saturated carbocycles. The minimum Gasteiger partial charge on any atom is -0.489 e. The van der Waals surface area contributed by atoms with E-state index in [9.17, 15) is 5.11 Å². The fourth-order valence-electron chi connectivity index (χ4n) is 1.38. The van der Waals surface area contributed by atoms with Gasteiger partial charge in [-0.3, -0.25) is 4.98 Å². The van der Waals surface area contributed by atoms with Crippen LogP contribution in [0.5, 0.6) is 5.75 Å². The highest BCUT2D eigenvalue weighted by Gasteiger charge is 2.05. The lowest BCUT2D eigenvalue weighted by molar-refractivity contribution is -0.00424. The van der Waals surface area contributed by atoms with E-state index in [1.807, 2.05) is 19.2 Å². The minimum atomic E-state index is -0.658. The van der Waals surface area contributed by atoms with Gasteiger partial charge in [-0.05, 0) is 19.2 Å². The van der Waals surface area contributed by atoms with Crippen molar-refractivity contribution in [2.75, 3.05) is 40.6 Å². The first kappa shape index (κ1) is 15.8. The second-order valence-corrected chi connectivity index (χ2v) is 4.05. The van der Waals surface area contributed by atoms with E-state index in [1.54, 1.807) is 13.3 Å². The van der Waals surface area contributed by atoms with Gasteiger partial charge in [0.25, 0.3) is 0 Å². The van der Waals surface area contributed by atoms with Crippen molar-refractivity contribution in [3.63, 3.8) is 0 Å². The highest BCUT2D eigenvalue weighted by molar-refractivity contribution is 5.19. The number of pyridine rings is 1. The Kier molecular flexibility index (Phi) is 8.08. The summed E-state index contributed by atoms with van der Waals surface area (Å²) in [4.78, 5) is 4.22. The first-order chi connectivity index (χ1) is 9.26. The van der Waals surface area contributed by atoms with Gasteiger partial charge in [-0.1, -0.05) is 0 Å². The number of nitrogens with zero attached hydrogens (tertiary/aromatic N) is 1. The number of hydrogen-bond acceptors (Lipinski definition) is 6. The van der Waals surface area contributed by atoms with Gasteiger partial charge >= 0.3 is 0 Å². The molecule has 0 aliphatic heterocycles. The van der Waals surface area contributed by atoms with Crippen molar-refractivity contribution in [3.05, 3.63) is 24.0 Å². The Labute approximate surface area is 113 Å². The lowest BCUT2D eigenvalue weighted by atomic mass is 10.3. The summed E-state index contributed by atoms with van der Waals surface area (Å²) in [5.41, 5.74) is 0.943. The molecule has 1 atom stereocenters. The van der Waals surface area contributed by atoms with Crippen LogP contribution in [-0.2, 0) is 16.0 Å². The Hall–Kier alpha value is -1.21. The topological polar surface area (TPSA) is 72.8 Å². The number of methoxy groups -OCH3 is 1. The largest absolute Gasteiger partial charge is 0.489 e. The first-order valence-electron chi connectivity index (χ1n) is 6.23. The second kappa shape index (κ2) is 9.69. The molecule has 0 aromatic carbocycles. The van der Waals surface area contributed by atoms with Crippen LogP contribution in [0.15, 0.2) is 18.3 Å². The number of nitrogens with one attached hydrogen (secondary N) is 1. The Bertz CT molecular complexity index is 332. The molecule has 6 nitrogen and oxygen atoms in total. The summed E-state index contributed by atoms with van der Waals surface area (Å²) in [5, 5.41) is 12.6. The van der Waals surface area contributed by atoms with Crippen molar-refractivity contribution in [2.45, 2.75) is 12.6 Å². The summed E-state index contributed by atoms with van der Waals surface area (Å²) in [5.74, 6) is 0.635. The Morgan fingerprint density at radius 3 is 2.79 bits per heavy atom. The molecule has 0 aliphatic carbocycles. The Balaban J connectivity index is 2.20. The lowest BCUT2D eigenvalue weighted by Crippen LogP contribution is -2.24. The van der Waals surface area contributed by atoms with E-state index >= 15 is 0 Å². The van der Waals surface area contributed by atoms with Gasteiger partial charge in [0.2, 0.25) is 0 Å². The van der Waals surface area contributed by atoms with Gasteiger partial charge in [-0.25, -0.2) is 0 Å². The summed E-state index contributed by atoms with van der Waals surface area (Å²) in [6, 6.07) is 3.71. The molecule has 0 aliphatic rings. The molecule has 6 heteroatoms. The van der Waals surface area contributed by atoms with E-state index < -0.39 is 6.10 Å². The molecule has 2 N–H and O–H groups in total. The third-order valence-electron chi connectivity index (χ3n) is 2.34. The predicted octanol–water partition coefficient (Wildman–Crippen LogP) is 0.204. The van der Waals surface area contributed by atoms with Crippen LogP contribution in [0.3, 0.4) is 0 Å². The van der Waals surface area contributed by atoms with Crippen molar-refractivity contribution in [1.82, 2.24) is 10.3 Å². The molecule has 19 heavy (non-hydrogen) atoms. The zero-order valence-electron chi connectivity index (χ0n) is 11.5. The fourth-order valence-corrected chi connectivity index (χ4v) is 1.38. The molecule has 0 amide bonds. The van der Waals surface area contributed by atoms with Crippen LogP contribution >= 0.6 is 0 Å².